The number of hydrogen-bond acceptors (Lipinski definition) is 4. The number of nitrogens with zero attached hydrogens (tertiary/aromatic N) is 2. The minimum absolute atomic E-state index is 0.0131. The number of piperazine rings is 1. The van der Waals surface area contributed by atoms with Gasteiger partial charge < -0.3 is 19.9 Å². The van der Waals surface area contributed by atoms with E-state index >= 15 is 0 Å². The van der Waals surface area contributed by atoms with E-state index in [4.69, 9.17) is 16.3 Å². The highest BCUT2D eigenvalue weighted by atomic mass is 35.5. The molecule has 172 valence electrons. The van der Waals surface area contributed by atoms with E-state index in [1.807, 2.05) is 55.1 Å². The van der Waals surface area contributed by atoms with Crippen LogP contribution in [0.2, 0.25) is 5.02 Å². The minimum Gasteiger partial charge on any atom is -0.494 e. The van der Waals surface area contributed by atoms with Gasteiger partial charge in [0.25, 0.3) is 5.91 Å². The van der Waals surface area contributed by atoms with Crippen molar-refractivity contribution in [2.75, 3.05) is 43.0 Å². The molecule has 1 saturated heterocycles. The number of ether oxygens (including phenoxy) is 1. The Kier molecular flexibility index (Phi) is 8.39. The highest BCUT2D eigenvalue weighted by Gasteiger charge is 2.23. The van der Waals surface area contributed by atoms with Gasteiger partial charge in [-0.2, -0.15) is 0 Å². The van der Waals surface area contributed by atoms with Gasteiger partial charge in [-0.05, 0) is 54.8 Å². The van der Waals surface area contributed by atoms with E-state index < -0.39 is 0 Å². The lowest BCUT2D eigenvalue weighted by molar-refractivity contribution is -0.116. The van der Waals surface area contributed by atoms with Crippen molar-refractivity contribution in [1.29, 1.82) is 0 Å². The molecule has 32 heavy (non-hydrogen) atoms. The van der Waals surface area contributed by atoms with Crippen LogP contribution in [-0.4, -0.2) is 49.5 Å². The number of anilines is 2. The van der Waals surface area contributed by atoms with Crippen LogP contribution in [0.25, 0.3) is 0 Å². The lowest BCUT2D eigenvalue weighted by Crippen LogP contribution is -2.48. The second-order valence-electron chi connectivity index (χ2n) is 8.46. The van der Waals surface area contributed by atoms with Crippen LogP contribution in [0.15, 0.2) is 42.5 Å². The summed E-state index contributed by atoms with van der Waals surface area (Å²) in [5.74, 6) is 1.10. The van der Waals surface area contributed by atoms with Gasteiger partial charge in [0, 0.05) is 43.9 Å². The van der Waals surface area contributed by atoms with Crippen LogP contribution < -0.4 is 15.0 Å². The number of hydrogen-bond donors (Lipinski definition) is 1. The first-order valence-electron chi connectivity index (χ1n) is 11.2. The molecule has 2 aromatic carbocycles. The first kappa shape index (κ1) is 23.9. The highest BCUT2D eigenvalue weighted by Crippen LogP contribution is 2.30. The maximum atomic E-state index is 12.9. The van der Waals surface area contributed by atoms with E-state index in [0.717, 1.165) is 17.9 Å². The Morgan fingerprint density at radius 3 is 2.34 bits per heavy atom. The fourth-order valence-corrected chi connectivity index (χ4v) is 3.97. The van der Waals surface area contributed by atoms with Gasteiger partial charge in [-0.15, -0.1) is 0 Å². The van der Waals surface area contributed by atoms with Gasteiger partial charge in [-0.25, -0.2) is 0 Å². The summed E-state index contributed by atoms with van der Waals surface area (Å²) in [7, 11) is 0. The molecule has 1 fully saturated rings. The van der Waals surface area contributed by atoms with Crippen LogP contribution in [0, 0.1) is 5.92 Å². The summed E-state index contributed by atoms with van der Waals surface area (Å²) in [5, 5.41) is 3.49. The molecule has 0 atom stereocenters. The molecule has 1 N–H and O–H groups in total. The summed E-state index contributed by atoms with van der Waals surface area (Å²) in [6.45, 7) is 9.39. The Morgan fingerprint density at radius 2 is 1.75 bits per heavy atom. The summed E-state index contributed by atoms with van der Waals surface area (Å²) < 4.78 is 5.59. The Morgan fingerprint density at radius 1 is 1.06 bits per heavy atom. The van der Waals surface area contributed by atoms with E-state index in [1.165, 1.54) is 0 Å². The fraction of sp³-hybridized carbons (Fsp3) is 0.440. The van der Waals surface area contributed by atoms with Gasteiger partial charge in [-0.3, -0.25) is 9.59 Å². The molecule has 0 spiro atoms. The molecule has 0 saturated carbocycles. The molecular formula is C25H32ClN3O3. The molecule has 0 aliphatic carbocycles. The highest BCUT2D eigenvalue weighted by molar-refractivity contribution is 6.33. The van der Waals surface area contributed by atoms with Gasteiger partial charge in [-0.1, -0.05) is 32.4 Å². The molecule has 1 aliphatic rings. The molecular weight excluding hydrogens is 426 g/mol. The van der Waals surface area contributed by atoms with Crippen LogP contribution >= 0.6 is 11.6 Å². The summed E-state index contributed by atoms with van der Waals surface area (Å²) in [4.78, 5) is 28.9. The lowest BCUT2D eigenvalue weighted by atomic mass is 10.1. The van der Waals surface area contributed by atoms with Gasteiger partial charge in [0.05, 0.1) is 17.3 Å². The van der Waals surface area contributed by atoms with Crippen molar-refractivity contribution in [2.24, 2.45) is 5.92 Å². The van der Waals surface area contributed by atoms with Gasteiger partial charge in [0.2, 0.25) is 5.91 Å². The molecule has 6 nitrogen and oxygen atoms in total. The van der Waals surface area contributed by atoms with E-state index in [9.17, 15) is 9.59 Å². The number of benzene rings is 2. The quantitative estimate of drug-likeness (QED) is 0.600. The van der Waals surface area contributed by atoms with Gasteiger partial charge in [0.15, 0.2) is 0 Å². The molecule has 1 heterocycles. The number of nitrogens with one attached hydrogen (secondary N) is 1. The summed E-state index contributed by atoms with van der Waals surface area (Å²) in [6, 6.07) is 12.9. The Balaban J connectivity index is 1.56. The van der Waals surface area contributed by atoms with E-state index in [0.29, 0.717) is 61.4 Å². The minimum atomic E-state index is -0.0131. The topological polar surface area (TPSA) is 61.9 Å². The van der Waals surface area contributed by atoms with Crippen molar-refractivity contribution in [3.05, 3.63) is 53.1 Å². The average molecular weight is 458 g/mol. The first-order chi connectivity index (χ1) is 15.4. The molecule has 0 unspecified atom stereocenters. The van der Waals surface area contributed by atoms with Crippen molar-refractivity contribution in [3.8, 4) is 5.75 Å². The number of halogens is 1. The molecule has 3 rings (SSSR count). The Hall–Kier alpha value is -2.73. The molecule has 2 aromatic rings. The van der Waals surface area contributed by atoms with Crippen molar-refractivity contribution < 1.29 is 14.3 Å². The zero-order valence-electron chi connectivity index (χ0n) is 19.1. The van der Waals surface area contributed by atoms with Crippen LogP contribution in [0.4, 0.5) is 11.4 Å². The second-order valence-corrected chi connectivity index (χ2v) is 8.87. The molecule has 7 heteroatoms. The fourth-order valence-electron chi connectivity index (χ4n) is 3.67. The predicted molar refractivity (Wildman–Crippen MR) is 130 cm³/mol. The van der Waals surface area contributed by atoms with Crippen LogP contribution in [0.1, 0.15) is 44.0 Å². The third-order valence-corrected chi connectivity index (χ3v) is 5.61. The van der Waals surface area contributed by atoms with E-state index in [2.05, 4.69) is 17.1 Å². The zero-order valence-corrected chi connectivity index (χ0v) is 19.8. The Labute approximate surface area is 195 Å². The van der Waals surface area contributed by atoms with Crippen LogP contribution in [0.3, 0.4) is 0 Å². The molecule has 0 aromatic heterocycles. The van der Waals surface area contributed by atoms with Crippen molar-refractivity contribution in [1.82, 2.24) is 4.90 Å². The first-order valence-corrected chi connectivity index (χ1v) is 11.6. The van der Waals surface area contributed by atoms with Crippen LogP contribution in [-0.2, 0) is 4.79 Å². The monoisotopic (exact) mass is 457 g/mol. The van der Waals surface area contributed by atoms with Crippen molar-refractivity contribution >= 4 is 34.8 Å². The number of rotatable bonds is 8. The SMILES string of the molecule is CCCOc1ccc(C(=O)N2CCN(c3ccc(NC(=O)CC(C)C)cc3Cl)CC2)cc1. The van der Waals surface area contributed by atoms with Gasteiger partial charge >= 0.3 is 0 Å². The van der Waals surface area contributed by atoms with E-state index in [1.54, 1.807) is 6.07 Å². The summed E-state index contributed by atoms with van der Waals surface area (Å²) >= 11 is 6.51. The summed E-state index contributed by atoms with van der Waals surface area (Å²) in [6.07, 6.45) is 1.42. The third kappa shape index (κ3) is 6.39. The van der Waals surface area contributed by atoms with Crippen LogP contribution in [0.5, 0.6) is 5.75 Å². The molecule has 1 aliphatic heterocycles. The standard InChI is InChI=1S/C25H32ClN3O3/c1-4-15-32-21-8-5-19(6-9-21)25(31)29-13-11-28(12-14-29)23-10-7-20(17-22(23)26)27-24(30)16-18(2)3/h5-10,17-18H,4,11-16H2,1-3H3,(H,27,30). The largest absolute Gasteiger partial charge is 0.494 e. The number of carbonyl (C=O) groups is 2. The summed E-state index contributed by atoms with van der Waals surface area (Å²) in [5.41, 5.74) is 2.28. The smallest absolute Gasteiger partial charge is 0.253 e. The molecule has 0 bridgehead atoms. The normalized spacial score (nSPS) is 13.9. The zero-order chi connectivity index (χ0) is 23.1. The second kappa shape index (κ2) is 11.2. The van der Waals surface area contributed by atoms with Crippen molar-refractivity contribution in [3.63, 3.8) is 0 Å². The number of amides is 2. The lowest BCUT2D eigenvalue weighted by Gasteiger charge is -2.36. The Bertz CT molecular complexity index is 923. The number of carbonyl (C=O) groups excluding carboxylic acids is 2. The maximum Gasteiger partial charge on any atom is 0.253 e. The van der Waals surface area contributed by atoms with Crippen molar-refractivity contribution in [2.45, 2.75) is 33.6 Å². The average Bonchev–Trinajstić information content (AvgIpc) is 2.77. The maximum absolute atomic E-state index is 12.9. The third-order valence-electron chi connectivity index (χ3n) is 5.31. The molecule has 0 radical (unpaired) electrons. The molecule has 2 amide bonds. The van der Waals surface area contributed by atoms with E-state index in [-0.39, 0.29) is 11.8 Å². The predicted octanol–water partition coefficient (Wildman–Crippen LogP) is 5.08. The van der Waals surface area contributed by atoms with Gasteiger partial charge in [0.1, 0.15) is 5.75 Å².